The molecule has 0 radical (unpaired) electrons. The van der Waals surface area contributed by atoms with Crippen molar-refractivity contribution in [2.45, 2.75) is 37.2 Å². The number of nitrogens with one attached hydrogen (secondary N) is 1. The quantitative estimate of drug-likeness (QED) is 0.517. The molecule has 13 heteroatoms. The molecule has 0 atom stereocenters. The van der Waals surface area contributed by atoms with E-state index >= 15 is 4.39 Å². The smallest absolute Gasteiger partial charge is 0.407 e. The maximum absolute atomic E-state index is 15.0. The van der Waals surface area contributed by atoms with Crippen LogP contribution in [0.5, 0.6) is 5.88 Å². The molecule has 0 aliphatic carbocycles. The maximum atomic E-state index is 15.0. The summed E-state index contributed by atoms with van der Waals surface area (Å²) >= 11 is 0. The normalized spacial score (nSPS) is 14.6. The summed E-state index contributed by atoms with van der Waals surface area (Å²) in [5.74, 6) is -1.31. The Balaban J connectivity index is 1.64. The van der Waals surface area contributed by atoms with Crippen LogP contribution in [-0.2, 0) is 14.8 Å². The van der Waals surface area contributed by atoms with Gasteiger partial charge < -0.3 is 14.7 Å². The van der Waals surface area contributed by atoms with Gasteiger partial charge in [-0.3, -0.25) is 9.78 Å². The average Bonchev–Trinajstić information content (AvgIpc) is 2.84. The summed E-state index contributed by atoms with van der Waals surface area (Å²) in [5.41, 5.74) is 0.472. The van der Waals surface area contributed by atoms with Crippen molar-refractivity contribution in [1.29, 1.82) is 0 Å². The molecule has 1 saturated heterocycles. The standard InChI is InChI=1S/C22H22FN5O6S/c1-2-18(29)27-35(32,33)14-3-4-15(17(23)11-14)19-20-16(5-8-24-19)21(26-12-25-20)34-13-6-9-28(10-7-13)22(30)31/h3-5,8,11-13H,2,6-7,9-10H2,1H3,(H,27,29)(H,30,31). The number of ether oxygens (including phenoxy) is 1. The third-order valence-corrected chi connectivity index (χ3v) is 6.95. The average molecular weight is 504 g/mol. The number of hydrogen-bond donors (Lipinski definition) is 2. The minimum atomic E-state index is -4.21. The van der Waals surface area contributed by atoms with Gasteiger partial charge in [0.1, 0.15) is 23.8 Å². The predicted octanol–water partition coefficient (Wildman–Crippen LogP) is 2.57. The number of aromatic nitrogens is 3. The van der Waals surface area contributed by atoms with Crippen LogP contribution in [0.1, 0.15) is 26.2 Å². The molecule has 1 fully saturated rings. The van der Waals surface area contributed by atoms with Crippen molar-refractivity contribution in [2.24, 2.45) is 0 Å². The largest absolute Gasteiger partial charge is 0.474 e. The third kappa shape index (κ3) is 5.14. The first-order valence-corrected chi connectivity index (χ1v) is 12.3. The Kier molecular flexibility index (Phi) is 6.78. The van der Waals surface area contributed by atoms with Crippen LogP contribution in [0.25, 0.3) is 22.2 Å². The number of piperidine rings is 1. The molecule has 3 heterocycles. The predicted molar refractivity (Wildman–Crippen MR) is 122 cm³/mol. The highest BCUT2D eigenvalue weighted by atomic mass is 32.2. The summed E-state index contributed by atoms with van der Waals surface area (Å²) in [5, 5.41) is 9.58. The Bertz CT molecular complexity index is 1390. The molecule has 0 saturated carbocycles. The van der Waals surface area contributed by atoms with E-state index in [1.165, 1.54) is 36.5 Å². The molecule has 4 rings (SSSR count). The van der Waals surface area contributed by atoms with Crippen molar-refractivity contribution in [3.63, 3.8) is 0 Å². The Labute approximate surface area is 200 Å². The molecule has 3 aromatic rings. The molecule has 0 bridgehead atoms. The van der Waals surface area contributed by atoms with E-state index < -0.39 is 32.7 Å². The number of benzene rings is 1. The lowest BCUT2D eigenvalue weighted by Gasteiger charge is -2.30. The van der Waals surface area contributed by atoms with E-state index in [4.69, 9.17) is 9.84 Å². The highest BCUT2D eigenvalue weighted by Gasteiger charge is 2.25. The third-order valence-electron chi connectivity index (χ3n) is 5.58. The van der Waals surface area contributed by atoms with E-state index in [1.807, 2.05) is 4.72 Å². The van der Waals surface area contributed by atoms with E-state index in [0.717, 1.165) is 6.07 Å². The topological polar surface area (TPSA) is 152 Å². The van der Waals surface area contributed by atoms with Gasteiger partial charge in [0.05, 0.1) is 16.0 Å². The molecule has 2 N–H and O–H groups in total. The van der Waals surface area contributed by atoms with Gasteiger partial charge >= 0.3 is 6.09 Å². The van der Waals surface area contributed by atoms with Gasteiger partial charge in [-0.1, -0.05) is 6.92 Å². The minimum Gasteiger partial charge on any atom is -0.474 e. The van der Waals surface area contributed by atoms with Crippen molar-refractivity contribution in [2.75, 3.05) is 13.1 Å². The second-order valence-corrected chi connectivity index (χ2v) is 9.53. The van der Waals surface area contributed by atoms with Crippen LogP contribution in [0, 0.1) is 5.82 Å². The first kappa shape index (κ1) is 24.3. The van der Waals surface area contributed by atoms with Gasteiger partial charge in [-0.2, -0.15) is 0 Å². The zero-order valence-electron chi connectivity index (χ0n) is 18.6. The van der Waals surface area contributed by atoms with Gasteiger partial charge in [0, 0.05) is 44.1 Å². The lowest BCUT2D eigenvalue weighted by molar-refractivity contribution is -0.119. The maximum Gasteiger partial charge on any atom is 0.407 e. The van der Waals surface area contributed by atoms with Crippen LogP contribution < -0.4 is 9.46 Å². The fourth-order valence-corrected chi connectivity index (χ4v) is 4.78. The van der Waals surface area contributed by atoms with Gasteiger partial charge in [0.25, 0.3) is 10.0 Å². The van der Waals surface area contributed by atoms with Crippen LogP contribution in [0.2, 0.25) is 0 Å². The van der Waals surface area contributed by atoms with Crippen LogP contribution in [0.15, 0.2) is 41.7 Å². The van der Waals surface area contributed by atoms with Gasteiger partial charge in [-0.05, 0) is 24.3 Å². The Morgan fingerprint density at radius 3 is 2.60 bits per heavy atom. The molecule has 2 amide bonds. The number of nitrogens with zero attached hydrogens (tertiary/aromatic N) is 4. The number of amides is 2. The molecule has 11 nitrogen and oxygen atoms in total. The summed E-state index contributed by atoms with van der Waals surface area (Å²) in [4.78, 5) is 36.2. The zero-order chi connectivity index (χ0) is 25.2. The molecule has 35 heavy (non-hydrogen) atoms. The van der Waals surface area contributed by atoms with Crippen LogP contribution >= 0.6 is 0 Å². The van der Waals surface area contributed by atoms with Crippen LogP contribution in [0.3, 0.4) is 0 Å². The number of hydrogen-bond acceptors (Lipinski definition) is 8. The van der Waals surface area contributed by atoms with Crippen molar-refractivity contribution in [3.05, 3.63) is 42.6 Å². The Morgan fingerprint density at radius 2 is 1.94 bits per heavy atom. The Hall–Kier alpha value is -3.87. The fraction of sp³-hybridized carbons (Fsp3) is 0.318. The number of rotatable bonds is 6. The number of halogens is 1. The number of pyridine rings is 1. The first-order valence-electron chi connectivity index (χ1n) is 10.8. The monoisotopic (exact) mass is 503 g/mol. The molecule has 0 spiro atoms. The van der Waals surface area contributed by atoms with E-state index in [-0.39, 0.29) is 29.7 Å². The SMILES string of the molecule is CCC(=O)NS(=O)(=O)c1ccc(-c2nccc3c(OC4CCN(C(=O)O)CC4)ncnc23)c(F)c1. The van der Waals surface area contributed by atoms with Gasteiger partial charge in [0.15, 0.2) is 0 Å². The van der Waals surface area contributed by atoms with Crippen molar-refractivity contribution in [3.8, 4) is 17.1 Å². The van der Waals surface area contributed by atoms with E-state index in [2.05, 4.69) is 15.0 Å². The van der Waals surface area contributed by atoms with Gasteiger partial charge in [0.2, 0.25) is 11.8 Å². The summed E-state index contributed by atoms with van der Waals surface area (Å²) < 4.78 is 47.6. The molecule has 1 aliphatic heterocycles. The number of sulfonamides is 1. The second kappa shape index (κ2) is 9.78. The van der Waals surface area contributed by atoms with Crippen LogP contribution in [-0.4, -0.2) is 64.6 Å². The molecule has 2 aromatic heterocycles. The van der Waals surface area contributed by atoms with E-state index in [0.29, 0.717) is 36.8 Å². The lowest BCUT2D eigenvalue weighted by Crippen LogP contribution is -2.41. The molecule has 1 aliphatic rings. The summed E-state index contributed by atoms with van der Waals surface area (Å²) in [6, 6.07) is 4.87. The first-order chi connectivity index (χ1) is 16.7. The summed E-state index contributed by atoms with van der Waals surface area (Å²) in [6.07, 6.45) is 2.42. The Morgan fingerprint density at radius 1 is 1.20 bits per heavy atom. The van der Waals surface area contributed by atoms with Crippen molar-refractivity contribution >= 4 is 32.9 Å². The van der Waals surface area contributed by atoms with E-state index in [1.54, 1.807) is 6.07 Å². The molecule has 184 valence electrons. The number of fused-ring (bicyclic) bond motifs is 1. The molecule has 1 aromatic carbocycles. The van der Waals surface area contributed by atoms with Crippen LogP contribution in [0.4, 0.5) is 9.18 Å². The lowest BCUT2D eigenvalue weighted by atomic mass is 10.1. The highest BCUT2D eigenvalue weighted by molar-refractivity contribution is 7.90. The van der Waals surface area contributed by atoms with Gasteiger partial charge in [-0.25, -0.2) is 32.3 Å². The van der Waals surface area contributed by atoms with Crippen molar-refractivity contribution < 1.29 is 32.2 Å². The molecular formula is C22H22FN5O6S. The minimum absolute atomic E-state index is 0.00999. The zero-order valence-corrected chi connectivity index (χ0v) is 19.5. The highest BCUT2D eigenvalue weighted by Crippen LogP contribution is 2.32. The molecule has 0 unspecified atom stereocenters. The second-order valence-electron chi connectivity index (χ2n) is 7.85. The number of likely N-dealkylation sites (tertiary alicyclic amines) is 1. The summed E-state index contributed by atoms with van der Waals surface area (Å²) in [7, 11) is -4.21. The number of carbonyl (C=O) groups is 2. The summed E-state index contributed by atoms with van der Waals surface area (Å²) in [6.45, 7) is 2.18. The fourth-order valence-electron chi connectivity index (χ4n) is 3.72. The number of carbonyl (C=O) groups excluding carboxylic acids is 1. The van der Waals surface area contributed by atoms with E-state index in [9.17, 15) is 18.0 Å². The molecular weight excluding hydrogens is 481 g/mol. The van der Waals surface area contributed by atoms with Crippen molar-refractivity contribution in [1.82, 2.24) is 24.6 Å². The van der Waals surface area contributed by atoms with Gasteiger partial charge in [-0.15, -0.1) is 0 Å². The number of carboxylic acid groups (broad SMARTS) is 1.